The van der Waals surface area contributed by atoms with Crippen molar-refractivity contribution in [3.05, 3.63) is 53.2 Å². The summed E-state index contributed by atoms with van der Waals surface area (Å²) in [6.45, 7) is 4.91. The molecule has 1 saturated heterocycles. The molecule has 0 saturated carbocycles. The first-order valence-corrected chi connectivity index (χ1v) is 9.27. The Hall–Kier alpha value is -2.47. The molecule has 3 aromatic rings. The second-order valence-corrected chi connectivity index (χ2v) is 7.53. The number of benzene rings is 1. The normalized spacial score (nSPS) is 17.6. The molecule has 3 heterocycles. The predicted octanol–water partition coefficient (Wildman–Crippen LogP) is 4.44. The van der Waals surface area contributed by atoms with Crippen LogP contribution in [0.2, 0.25) is 0 Å². The maximum atomic E-state index is 12.5. The number of thiophene rings is 1. The number of hydrogen-bond acceptors (Lipinski definition) is 5. The zero-order chi connectivity index (χ0) is 17.4. The van der Waals surface area contributed by atoms with E-state index < -0.39 is 0 Å². The van der Waals surface area contributed by atoms with Crippen molar-refractivity contribution < 1.29 is 9.32 Å². The van der Waals surface area contributed by atoms with Crippen molar-refractivity contribution in [2.45, 2.75) is 32.1 Å². The first-order valence-electron chi connectivity index (χ1n) is 8.39. The van der Waals surface area contributed by atoms with Gasteiger partial charge >= 0.3 is 0 Å². The molecule has 0 aliphatic carbocycles. The number of carbonyl (C=O) groups is 1. The molecular weight excluding hydrogens is 334 g/mol. The van der Waals surface area contributed by atoms with E-state index in [-0.39, 0.29) is 11.8 Å². The zero-order valence-electron chi connectivity index (χ0n) is 14.2. The number of anilines is 1. The second kappa shape index (κ2) is 6.44. The van der Waals surface area contributed by atoms with E-state index in [2.05, 4.69) is 36.1 Å². The Morgan fingerprint density at radius 3 is 2.72 bits per heavy atom. The van der Waals surface area contributed by atoms with Crippen LogP contribution >= 0.6 is 11.3 Å². The Morgan fingerprint density at radius 2 is 2.04 bits per heavy atom. The molecule has 0 radical (unpaired) electrons. The van der Waals surface area contributed by atoms with Crippen LogP contribution in [0.5, 0.6) is 0 Å². The molecule has 1 amide bonds. The van der Waals surface area contributed by atoms with Gasteiger partial charge in [-0.15, -0.1) is 11.3 Å². The lowest BCUT2D eigenvalue weighted by Crippen LogP contribution is -2.24. The Labute approximate surface area is 150 Å². The van der Waals surface area contributed by atoms with Gasteiger partial charge in [0, 0.05) is 24.6 Å². The van der Waals surface area contributed by atoms with Crippen molar-refractivity contribution in [2.75, 3.05) is 11.4 Å². The molecule has 1 atom stereocenters. The molecule has 1 aliphatic heterocycles. The van der Waals surface area contributed by atoms with E-state index in [0.29, 0.717) is 30.6 Å². The Bertz CT molecular complexity index is 868. The summed E-state index contributed by atoms with van der Waals surface area (Å²) in [5, 5.41) is 6.07. The highest BCUT2D eigenvalue weighted by molar-refractivity contribution is 7.13. The molecular formula is C19H19N3O2S. The summed E-state index contributed by atoms with van der Waals surface area (Å²) in [5.74, 6) is 1.68. The first-order chi connectivity index (χ1) is 12.1. The van der Waals surface area contributed by atoms with Gasteiger partial charge in [0.2, 0.25) is 5.91 Å². The fourth-order valence-electron chi connectivity index (χ4n) is 3.07. The monoisotopic (exact) mass is 353 g/mol. The number of rotatable bonds is 4. The van der Waals surface area contributed by atoms with Gasteiger partial charge < -0.3 is 9.42 Å². The Morgan fingerprint density at radius 1 is 1.24 bits per heavy atom. The Balaban J connectivity index is 1.52. The molecule has 1 aromatic carbocycles. The van der Waals surface area contributed by atoms with E-state index in [1.165, 1.54) is 5.56 Å². The molecule has 0 spiro atoms. The highest BCUT2D eigenvalue weighted by atomic mass is 32.1. The zero-order valence-corrected chi connectivity index (χ0v) is 15.0. The van der Waals surface area contributed by atoms with Crippen LogP contribution in [0.1, 0.15) is 43.5 Å². The summed E-state index contributed by atoms with van der Waals surface area (Å²) in [6, 6.07) is 12.1. The molecule has 5 nitrogen and oxygen atoms in total. The van der Waals surface area contributed by atoms with E-state index in [9.17, 15) is 4.79 Å². The third-order valence-corrected chi connectivity index (χ3v) is 5.39. The van der Waals surface area contributed by atoms with Gasteiger partial charge in [-0.1, -0.05) is 37.2 Å². The summed E-state index contributed by atoms with van der Waals surface area (Å²) in [4.78, 5) is 19.7. The number of nitrogens with zero attached hydrogens (tertiary/aromatic N) is 3. The lowest BCUT2D eigenvalue weighted by Gasteiger charge is -2.17. The van der Waals surface area contributed by atoms with Crippen molar-refractivity contribution >= 4 is 22.9 Å². The third kappa shape index (κ3) is 3.09. The Kier molecular flexibility index (Phi) is 4.13. The molecule has 4 rings (SSSR count). The molecule has 1 unspecified atom stereocenters. The van der Waals surface area contributed by atoms with Crippen molar-refractivity contribution in [1.29, 1.82) is 0 Å². The van der Waals surface area contributed by atoms with Crippen LogP contribution in [0.3, 0.4) is 0 Å². The van der Waals surface area contributed by atoms with Gasteiger partial charge in [0.25, 0.3) is 5.89 Å². The summed E-state index contributed by atoms with van der Waals surface area (Å²) in [6.07, 6.45) is 0.412. The van der Waals surface area contributed by atoms with Crippen molar-refractivity contribution in [1.82, 2.24) is 10.1 Å². The maximum Gasteiger partial charge on any atom is 0.267 e. The molecule has 0 bridgehead atoms. The highest BCUT2D eigenvalue weighted by Gasteiger charge is 2.34. The van der Waals surface area contributed by atoms with E-state index in [0.717, 1.165) is 10.6 Å². The van der Waals surface area contributed by atoms with Gasteiger partial charge in [-0.05, 0) is 35.1 Å². The molecule has 1 fully saturated rings. The average Bonchev–Trinajstić information content (AvgIpc) is 3.35. The van der Waals surface area contributed by atoms with Gasteiger partial charge in [-0.2, -0.15) is 4.98 Å². The molecule has 0 N–H and O–H groups in total. The molecule has 128 valence electrons. The van der Waals surface area contributed by atoms with E-state index >= 15 is 0 Å². The summed E-state index contributed by atoms with van der Waals surface area (Å²) < 4.78 is 5.36. The maximum absolute atomic E-state index is 12.5. The average molecular weight is 353 g/mol. The minimum absolute atomic E-state index is 0.0327. The smallest absolute Gasteiger partial charge is 0.267 e. The SMILES string of the molecule is CC(C)c1ccc(N2CC(c3noc(-c4cccs4)n3)CC2=O)cc1. The number of aromatic nitrogens is 2. The van der Waals surface area contributed by atoms with Gasteiger partial charge in [-0.25, -0.2) is 0 Å². The third-order valence-electron chi connectivity index (χ3n) is 4.54. The second-order valence-electron chi connectivity index (χ2n) is 6.59. The topological polar surface area (TPSA) is 59.2 Å². The fraction of sp³-hybridized carbons (Fsp3) is 0.316. The summed E-state index contributed by atoms with van der Waals surface area (Å²) in [7, 11) is 0. The molecule has 25 heavy (non-hydrogen) atoms. The van der Waals surface area contributed by atoms with Crippen LogP contribution in [0.4, 0.5) is 5.69 Å². The van der Waals surface area contributed by atoms with Crippen LogP contribution < -0.4 is 4.90 Å². The summed E-state index contributed by atoms with van der Waals surface area (Å²) in [5.41, 5.74) is 2.20. The lowest BCUT2D eigenvalue weighted by molar-refractivity contribution is -0.117. The van der Waals surface area contributed by atoms with Crippen molar-refractivity contribution in [3.63, 3.8) is 0 Å². The van der Waals surface area contributed by atoms with Crippen molar-refractivity contribution in [2.24, 2.45) is 0 Å². The number of amides is 1. The van der Waals surface area contributed by atoms with Crippen LogP contribution in [0.15, 0.2) is 46.3 Å². The summed E-state index contributed by atoms with van der Waals surface area (Å²) >= 11 is 1.56. The van der Waals surface area contributed by atoms with E-state index in [4.69, 9.17) is 4.52 Å². The van der Waals surface area contributed by atoms with Crippen LogP contribution in [0.25, 0.3) is 10.8 Å². The van der Waals surface area contributed by atoms with Gasteiger partial charge in [0.15, 0.2) is 5.82 Å². The van der Waals surface area contributed by atoms with Gasteiger partial charge in [0.1, 0.15) is 0 Å². The quantitative estimate of drug-likeness (QED) is 0.696. The van der Waals surface area contributed by atoms with Crippen LogP contribution in [-0.4, -0.2) is 22.6 Å². The standard InChI is InChI=1S/C19H19N3O2S/c1-12(2)13-5-7-15(8-6-13)22-11-14(10-17(22)23)18-20-19(24-21-18)16-4-3-9-25-16/h3-9,12,14H,10-11H2,1-2H3. The van der Waals surface area contributed by atoms with E-state index in [1.54, 1.807) is 11.3 Å². The number of carbonyl (C=O) groups excluding carboxylic acids is 1. The van der Waals surface area contributed by atoms with Crippen molar-refractivity contribution in [3.8, 4) is 10.8 Å². The molecule has 2 aromatic heterocycles. The van der Waals surface area contributed by atoms with Gasteiger partial charge in [0.05, 0.1) is 4.88 Å². The minimum atomic E-state index is -0.0327. The number of hydrogen-bond donors (Lipinski definition) is 0. The predicted molar refractivity (Wildman–Crippen MR) is 97.9 cm³/mol. The lowest BCUT2D eigenvalue weighted by atomic mass is 10.0. The van der Waals surface area contributed by atoms with Gasteiger partial charge in [-0.3, -0.25) is 4.79 Å². The first kappa shape index (κ1) is 16.0. The largest absolute Gasteiger partial charge is 0.333 e. The van der Waals surface area contributed by atoms with Crippen LogP contribution in [-0.2, 0) is 4.79 Å². The molecule has 6 heteroatoms. The fourth-order valence-corrected chi connectivity index (χ4v) is 3.71. The van der Waals surface area contributed by atoms with Crippen LogP contribution in [0, 0.1) is 0 Å². The van der Waals surface area contributed by atoms with E-state index in [1.807, 2.05) is 34.5 Å². The highest BCUT2D eigenvalue weighted by Crippen LogP contribution is 2.32. The minimum Gasteiger partial charge on any atom is -0.333 e. The molecule has 1 aliphatic rings.